The van der Waals surface area contributed by atoms with Crippen molar-refractivity contribution in [2.24, 2.45) is 4.99 Å². The highest BCUT2D eigenvalue weighted by Crippen LogP contribution is 2.29. The Labute approximate surface area is 182 Å². The Morgan fingerprint density at radius 1 is 1.21 bits per heavy atom. The number of hydrogen-bond acceptors (Lipinski definition) is 4. The molecule has 7 heteroatoms. The Kier molecular flexibility index (Phi) is 7.98. The number of para-hydroxylation sites is 2. The number of furan rings is 1. The summed E-state index contributed by atoms with van der Waals surface area (Å²) in [5.74, 6) is 2.04. The molecule has 0 amide bonds. The molecule has 28 heavy (non-hydrogen) atoms. The molecule has 2 aromatic carbocycles. The number of rotatable bonds is 6. The maximum absolute atomic E-state index is 10.2. The summed E-state index contributed by atoms with van der Waals surface area (Å²) in [5.41, 5.74) is 1.56. The van der Waals surface area contributed by atoms with Gasteiger partial charge in [0.25, 0.3) is 0 Å². The van der Waals surface area contributed by atoms with Crippen LogP contribution in [0.15, 0.2) is 57.9 Å². The van der Waals surface area contributed by atoms with Gasteiger partial charge < -0.3 is 24.9 Å². The second-order valence-corrected chi connectivity index (χ2v) is 6.22. The Hall–Kier alpha value is -2.42. The normalized spacial score (nSPS) is 12.3. The SMILES string of the molecule is CCNC(=NCc1cccc(OC)c1O)NC(C)c1cc2ccccc2o1.I. The van der Waals surface area contributed by atoms with Gasteiger partial charge in [-0.1, -0.05) is 30.3 Å². The van der Waals surface area contributed by atoms with Crippen molar-refractivity contribution < 1.29 is 14.3 Å². The van der Waals surface area contributed by atoms with Crippen molar-refractivity contribution in [1.82, 2.24) is 10.6 Å². The molecule has 0 bridgehead atoms. The zero-order valence-electron chi connectivity index (χ0n) is 16.2. The molecular weight excluding hydrogens is 469 g/mol. The molecule has 150 valence electrons. The maximum atomic E-state index is 10.2. The van der Waals surface area contributed by atoms with E-state index in [0.717, 1.165) is 23.3 Å². The number of nitrogens with zero attached hydrogens (tertiary/aromatic N) is 1. The lowest BCUT2D eigenvalue weighted by Crippen LogP contribution is -2.38. The van der Waals surface area contributed by atoms with Crippen molar-refractivity contribution >= 4 is 40.9 Å². The van der Waals surface area contributed by atoms with E-state index in [1.807, 2.05) is 56.3 Å². The van der Waals surface area contributed by atoms with E-state index in [1.54, 1.807) is 6.07 Å². The van der Waals surface area contributed by atoms with Crippen LogP contribution in [0.1, 0.15) is 31.2 Å². The van der Waals surface area contributed by atoms with Gasteiger partial charge in [-0.25, -0.2) is 4.99 Å². The largest absolute Gasteiger partial charge is 0.504 e. The summed E-state index contributed by atoms with van der Waals surface area (Å²) >= 11 is 0. The number of guanidine groups is 1. The van der Waals surface area contributed by atoms with Gasteiger partial charge in [0, 0.05) is 17.5 Å². The predicted molar refractivity (Wildman–Crippen MR) is 123 cm³/mol. The van der Waals surface area contributed by atoms with Gasteiger partial charge in [0.1, 0.15) is 11.3 Å². The number of halogens is 1. The number of fused-ring (bicyclic) bond motifs is 1. The fraction of sp³-hybridized carbons (Fsp3) is 0.286. The van der Waals surface area contributed by atoms with Gasteiger partial charge in [-0.3, -0.25) is 0 Å². The number of benzene rings is 2. The average molecular weight is 495 g/mol. The lowest BCUT2D eigenvalue weighted by molar-refractivity contribution is 0.370. The minimum absolute atomic E-state index is 0. The van der Waals surface area contributed by atoms with Crippen LogP contribution in [-0.4, -0.2) is 24.7 Å². The van der Waals surface area contributed by atoms with Gasteiger partial charge in [-0.15, -0.1) is 24.0 Å². The van der Waals surface area contributed by atoms with E-state index in [1.165, 1.54) is 7.11 Å². The van der Waals surface area contributed by atoms with Gasteiger partial charge in [-0.2, -0.15) is 0 Å². The highest BCUT2D eigenvalue weighted by Gasteiger charge is 2.13. The number of aliphatic imine (C=N–C) groups is 1. The summed E-state index contributed by atoms with van der Waals surface area (Å²) in [7, 11) is 1.53. The second kappa shape index (κ2) is 10.2. The number of ether oxygens (including phenoxy) is 1. The summed E-state index contributed by atoms with van der Waals surface area (Å²) in [4.78, 5) is 4.58. The third-order valence-corrected chi connectivity index (χ3v) is 4.28. The van der Waals surface area contributed by atoms with E-state index in [-0.39, 0.29) is 35.8 Å². The Balaban J connectivity index is 0.00000280. The van der Waals surface area contributed by atoms with Crippen LogP contribution in [0.3, 0.4) is 0 Å². The Morgan fingerprint density at radius 3 is 2.71 bits per heavy atom. The number of methoxy groups -OCH3 is 1. The van der Waals surface area contributed by atoms with E-state index in [2.05, 4.69) is 15.6 Å². The molecule has 3 rings (SSSR count). The van der Waals surface area contributed by atoms with Crippen LogP contribution in [0.5, 0.6) is 11.5 Å². The van der Waals surface area contributed by atoms with Gasteiger partial charge >= 0.3 is 0 Å². The van der Waals surface area contributed by atoms with Crippen LogP contribution in [-0.2, 0) is 6.54 Å². The molecule has 0 aliphatic carbocycles. The highest BCUT2D eigenvalue weighted by atomic mass is 127. The standard InChI is InChI=1S/C21H25N3O3.HI/c1-4-22-21(23-13-16-9-7-11-18(26-3)20(16)25)24-14(2)19-12-15-8-5-6-10-17(15)27-19;/h5-12,14,25H,4,13H2,1-3H3,(H2,22,23,24);1H. The zero-order chi connectivity index (χ0) is 19.2. The van der Waals surface area contributed by atoms with Crippen LogP contribution in [0, 0.1) is 0 Å². The van der Waals surface area contributed by atoms with E-state index in [0.29, 0.717) is 23.8 Å². The maximum Gasteiger partial charge on any atom is 0.192 e. The predicted octanol–water partition coefficient (Wildman–Crippen LogP) is 4.58. The fourth-order valence-electron chi connectivity index (χ4n) is 2.84. The van der Waals surface area contributed by atoms with E-state index >= 15 is 0 Å². The third kappa shape index (κ3) is 5.09. The topological polar surface area (TPSA) is 79.0 Å². The van der Waals surface area contributed by atoms with Crippen molar-refractivity contribution in [3.63, 3.8) is 0 Å². The van der Waals surface area contributed by atoms with Gasteiger partial charge in [0.15, 0.2) is 17.5 Å². The molecule has 1 unspecified atom stereocenters. The van der Waals surface area contributed by atoms with Crippen LogP contribution >= 0.6 is 24.0 Å². The quantitative estimate of drug-likeness (QED) is 0.265. The first kappa shape index (κ1) is 21.9. The first-order chi connectivity index (χ1) is 13.1. The lowest BCUT2D eigenvalue weighted by atomic mass is 10.2. The smallest absolute Gasteiger partial charge is 0.192 e. The third-order valence-electron chi connectivity index (χ3n) is 4.28. The van der Waals surface area contributed by atoms with E-state index < -0.39 is 0 Å². The summed E-state index contributed by atoms with van der Waals surface area (Å²) in [6, 6.07) is 15.3. The molecular formula is C21H26IN3O3. The average Bonchev–Trinajstić information content (AvgIpc) is 3.11. The molecule has 0 aliphatic heterocycles. The van der Waals surface area contributed by atoms with Crippen LogP contribution in [0.25, 0.3) is 11.0 Å². The van der Waals surface area contributed by atoms with Crippen LogP contribution in [0.4, 0.5) is 0 Å². The summed E-state index contributed by atoms with van der Waals surface area (Å²) in [6.45, 7) is 5.08. The molecule has 0 saturated carbocycles. The highest BCUT2D eigenvalue weighted by molar-refractivity contribution is 14.0. The lowest BCUT2D eigenvalue weighted by Gasteiger charge is -2.16. The number of phenols is 1. The molecule has 3 N–H and O–H groups in total. The summed E-state index contributed by atoms with van der Waals surface area (Å²) in [5, 5.41) is 17.9. The molecule has 0 aliphatic rings. The zero-order valence-corrected chi connectivity index (χ0v) is 18.6. The van der Waals surface area contributed by atoms with Crippen molar-refractivity contribution in [2.45, 2.75) is 26.4 Å². The molecule has 1 aromatic heterocycles. The first-order valence-corrected chi connectivity index (χ1v) is 9.00. The molecule has 1 heterocycles. The van der Waals surface area contributed by atoms with E-state index in [9.17, 15) is 5.11 Å². The number of phenolic OH excluding ortho intramolecular Hbond substituents is 1. The van der Waals surface area contributed by atoms with Gasteiger partial charge in [0.05, 0.1) is 19.7 Å². The minimum Gasteiger partial charge on any atom is -0.504 e. The molecule has 0 spiro atoms. The fourth-order valence-corrected chi connectivity index (χ4v) is 2.84. The van der Waals surface area contributed by atoms with Crippen LogP contribution in [0.2, 0.25) is 0 Å². The number of nitrogens with one attached hydrogen (secondary N) is 2. The minimum atomic E-state index is -0.0610. The molecule has 3 aromatic rings. The van der Waals surface area contributed by atoms with Crippen molar-refractivity contribution in [3.05, 3.63) is 59.9 Å². The van der Waals surface area contributed by atoms with Gasteiger partial charge in [0.2, 0.25) is 0 Å². The molecule has 0 saturated heterocycles. The molecule has 0 radical (unpaired) electrons. The summed E-state index contributed by atoms with van der Waals surface area (Å²) < 4.78 is 11.1. The Morgan fingerprint density at radius 2 is 2.00 bits per heavy atom. The van der Waals surface area contributed by atoms with Gasteiger partial charge in [-0.05, 0) is 32.0 Å². The summed E-state index contributed by atoms with van der Waals surface area (Å²) in [6.07, 6.45) is 0. The van der Waals surface area contributed by atoms with Crippen LogP contribution < -0.4 is 15.4 Å². The molecule has 0 fully saturated rings. The van der Waals surface area contributed by atoms with E-state index in [4.69, 9.17) is 9.15 Å². The van der Waals surface area contributed by atoms with Crippen molar-refractivity contribution in [3.8, 4) is 11.5 Å². The number of aromatic hydroxyl groups is 1. The van der Waals surface area contributed by atoms with Crippen molar-refractivity contribution in [2.75, 3.05) is 13.7 Å². The Bertz CT molecular complexity index is 907. The van der Waals surface area contributed by atoms with Crippen molar-refractivity contribution in [1.29, 1.82) is 0 Å². The molecule has 6 nitrogen and oxygen atoms in total. The monoisotopic (exact) mass is 495 g/mol. The second-order valence-electron chi connectivity index (χ2n) is 6.22. The number of hydrogen-bond donors (Lipinski definition) is 3. The molecule has 1 atom stereocenters. The first-order valence-electron chi connectivity index (χ1n) is 9.00.